The SMILES string of the molecule is O=C1N(CC2CC2)CCO[C@]12CN(Cc1nccs1)C[C@H]2c1cccnc1. The van der Waals surface area contributed by atoms with E-state index < -0.39 is 5.60 Å². The normalized spacial score (nSPS) is 29.0. The zero-order chi connectivity index (χ0) is 18.3. The number of amides is 1. The van der Waals surface area contributed by atoms with Gasteiger partial charge in [-0.15, -0.1) is 11.3 Å². The van der Waals surface area contributed by atoms with Gasteiger partial charge in [0.15, 0.2) is 5.60 Å². The van der Waals surface area contributed by atoms with Crippen molar-refractivity contribution in [2.45, 2.75) is 30.9 Å². The van der Waals surface area contributed by atoms with E-state index >= 15 is 0 Å². The van der Waals surface area contributed by atoms with Gasteiger partial charge >= 0.3 is 0 Å². The van der Waals surface area contributed by atoms with Crippen LogP contribution in [0.2, 0.25) is 0 Å². The lowest BCUT2D eigenvalue weighted by molar-refractivity contribution is -0.172. The van der Waals surface area contributed by atoms with Gasteiger partial charge < -0.3 is 9.64 Å². The quantitative estimate of drug-likeness (QED) is 0.791. The van der Waals surface area contributed by atoms with Crippen molar-refractivity contribution < 1.29 is 9.53 Å². The zero-order valence-corrected chi connectivity index (χ0v) is 16.1. The lowest BCUT2D eigenvalue weighted by Crippen LogP contribution is -2.60. The number of likely N-dealkylation sites (tertiary alicyclic amines) is 1. The van der Waals surface area contributed by atoms with Gasteiger partial charge in [-0.05, 0) is 30.4 Å². The number of thiazole rings is 1. The van der Waals surface area contributed by atoms with Gasteiger partial charge in [0.1, 0.15) is 5.01 Å². The Morgan fingerprint density at radius 3 is 3.00 bits per heavy atom. The molecule has 2 aliphatic heterocycles. The van der Waals surface area contributed by atoms with Gasteiger partial charge in [-0.1, -0.05) is 6.07 Å². The maximum atomic E-state index is 13.6. The number of aromatic nitrogens is 2. The second-order valence-electron chi connectivity index (χ2n) is 7.87. The summed E-state index contributed by atoms with van der Waals surface area (Å²) in [7, 11) is 0. The van der Waals surface area contributed by atoms with Crippen LogP contribution in [0.4, 0.5) is 0 Å². The van der Waals surface area contributed by atoms with Crippen LogP contribution in [-0.2, 0) is 16.1 Å². The molecule has 0 aromatic carbocycles. The van der Waals surface area contributed by atoms with Gasteiger partial charge in [-0.3, -0.25) is 14.7 Å². The molecule has 0 bridgehead atoms. The Kier molecular flexibility index (Phi) is 4.46. The number of hydrogen-bond acceptors (Lipinski definition) is 6. The Labute approximate surface area is 163 Å². The van der Waals surface area contributed by atoms with Crippen LogP contribution in [0, 0.1) is 5.92 Å². The smallest absolute Gasteiger partial charge is 0.256 e. The summed E-state index contributed by atoms with van der Waals surface area (Å²) >= 11 is 1.66. The first-order valence-corrected chi connectivity index (χ1v) is 10.6. The molecule has 7 heteroatoms. The summed E-state index contributed by atoms with van der Waals surface area (Å²) in [5, 5.41) is 3.08. The fraction of sp³-hybridized carbons (Fsp3) is 0.550. The summed E-state index contributed by atoms with van der Waals surface area (Å²) in [6.45, 7) is 4.37. The molecule has 2 saturated heterocycles. The Balaban J connectivity index is 1.45. The maximum Gasteiger partial charge on any atom is 0.256 e. The van der Waals surface area contributed by atoms with Crippen molar-refractivity contribution in [3.63, 3.8) is 0 Å². The highest BCUT2D eigenvalue weighted by Crippen LogP contribution is 2.43. The number of morpholine rings is 1. The van der Waals surface area contributed by atoms with E-state index in [0.717, 1.165) is 30.2 Å². The van der Waals surface area contributed by atoms with Crippen LogP contribution < -0.4 is 0 Å². The van der Waals surface area contributed by atoms with Gasteiger partial charge in [0, 0.05) is 56.1 Å². The van der Waals surface area contributed by atoms with Crippen molar-refractivity contribution in [2.75, 3.05) is 32.8 Å². The molecule has 1 saturated carbocycles. The van der Waals surface area contributed by atoms with Gasteiger partial charge in [0.25, 0.3) is 5.91 Å². The standard InChI is InChI=1S/C20H24N4O2S/c25-19-20(26-8-7-24(19)11-15-3-4-15)14-23(13-18-22-6-9-27-18)12-17(20)16-2-1-5-21-10-16/h1-2,5-6,9-10,15,17H,3-4,7-8,11-14H2/t17-,20-/m0/s1. The Hall–Kier alpha value is -1.83. The van der Waals surface area contributed by atoms with Gasteiger partial charge in [-0.2, -0.15) is 0 Å². The topological polar surface area (TPSA) is 58.6 Å². The third-order valence-electron chi connectivity index (χ3n) is 5.94. The van der Waals surface area contributed by atoms with Crippen LogP contribution in [-0.4, -0.2) is 64.1 Å². The minimum Gasteiger partial charge on any atom is -0.361 e. The van der Waals surface area contributed by atoms with Crippen LogP contribution in [0.5, 0.6) is 0 Å². The molecule has 0 radical (unpaired) electrons. The fourth-order valence-electron chi connectivity index (χ4n) is 4.43. The molecule has 3 aliphatic rings. The Morgan fingerprint density at radius 2 is 2.26 bits per heavy atom. The molecule has 2 aromatic heterocycles. The first-order chi connectivity index (χ1) is 13.2. The molecule has 2 atom stereocenters. The predicted octanol–water partition coefficient (Wildman–Crippen LogP) is 2.15. The molecule has 142 valence electrons. The minimum absolute atomic E-state index is 0.000616. The highest BCUT2D eigenvalue weighted by atomic mass is 32.1. The minimum atomic E-state index is -0.798. The first-order valence-electron chi connectivity index (χ1n) is 9.68. The average molecular weight is 385 g/mol. The van der Waals surface area contributed by atoms with Crippen LogP contribution in [0.1, 0.15) is 29.3 Å². The van der Waals surface area contributed by atoms with Crippen molar-refractivity contribution >= 4 is 17.2 Å². The molecule has 5 rings (SSSR count). The summed E-state index contributed by atoms with van der Waals surface area (Å²) in [5.74, 6) is 0.852. The molecule has 3 fully saturated rings. The number of carbonyl (C=O) groups is 1. The van der Waals surface area contributed by atoms with Gasteiger partial charge in [0.2, 0.25) is 0 Å². The zero-order valence-electron chi connectivity index (χ0n) is 15.3. The highest BCUT2D eigenvalue weighted by molar-refractivity contribution is 7.09. The molecule has 1 spiro atoms. The second kappa shape index (κ2) is 6.96. The molecule has 6 nitrogen and oxygen atoms in total. The number of hydrogen-bond donors (Lipinski definition) is 0. The molecule has 1 aliphatic carbocycles. The summed E-state index contributed by atoms with van der Waals surface area (Å²) < 4.78 is 6.31. The van der Waals surface area contributed by atoms with Crippen molar-refractivity contribution in [3.8, 4) is 0 Å². The molecule has 0 N–H and O–H groups in total. The van der Waals surface area contributed by atoms with E-state index in [1.54, 1.807) is 17.5 Å². The Bertz CT molecular complexity index is 796. The average Bonchev–Trinajstić information content (AvgIpc) is 3.22. The van der Waals surface area contributed by atoms with E-state index in [0.29, 0.717) is 25.6 Å². The van der Waals surface area contributed by atoms with Crippen molar-refractivity contribution in [1.82, 2.24) is 19.8 Å². The van der Waals surface area contributed by atoms with Crippen LogP contribution in [0.15, 0.2) is 36.1 Å². The summed E-state index contributed by atoms with van der Waals surface area (Å²) in [6.07, 6.45) is 8.00. The lowest BCUT2D eigenvalue weighted by atomic mass is 9.83. The van der Waals surface area contributed by atoms with E-state index in [9.17, 15) is 4.79 Å². The first kappa shape index (κ1) is 17.3. The molecule has 1 amide bonds. The number of carbonyl (C=O) groups excluding carboxylic acids is 1. The predicted molar refractivity (Wildman–Crippen MR) is 102 cm³/mol. The fourth-order valence-corrected chi connectivity index (χ4v) is 5.09. The van der Waals surface area contributed by atoms with E-state index in [1.165, 1.54) is 12.8 Å². The summed E-state index contributed by atoms with van der Waals surface area (Å²) in [6, 6.07) is 4.02. The van der Waals surface area contributed by atoms with E-state index in [2.05, 4.69) is 25.8 Å². The monoisotopic (exact) mass is 384 g/mol. The Morgan fingerprint density at radius 1 is 1.33 bits per heavy atom. The highest BCUT2D eigenvalue weighted by Gasteiger charge is 2.57. The molecule has 0 unspecified atom stereocenters. The molecular weight excluding hydrogens is 360 g/mol. The third-order valence-corrected chi connectivity index (χ3v) is 6.70. The summed E-state index contributed by atoms with van der Waals surface area (Å²) in [5.41, 5.74) is 0.286. The van der Waals surface area contributed by atoms with Gasteiger partial charge in [0.05, 0.1) is 13.2 Å². The molecule has 2 aromatic rings. The lowest BCUT2D eigenvalue weighted by Gasteiger charge is -2.42. The van der Waals surface area contributed by atoms with Gasteiger partial charge in [-0.25, -0.2) is 4.98 Å². The molecule has 27 heavy (non-hydrogen) atoms. The van der Waals surface area contributed by atoms with Crippen molar-refractivity contribution in [2.24, 2.45) is 5.92 Å². The molecular formula is C20H24N4O2S. The third kappa shape index (κ3) is 3.28. The maximum absolute atomic E-state index is 13.6. The molecule has 4 heterocycles. The van der Waals surface area contributed by atoms with Crippen LogP contribution in [0.25, 0.3) is 0 Å². The van der Waals surface area contributed by atoms with E-state index in [-0.39, 0.29) is 11.8 Å². The van der Waals surface area contributed by atoms with E-state index in [4.69, 9.17) is 4.74 Å². The number of ether oxygens (including phenoxy) is 1. The second-order valence-corrected chi connectivity index (χ2v) is 8.85. The largest absolute Gasteiger partial charge is 0.361 e. The number of nitrogens with zero attached hydrogens (tertiary/aromatic N) is 4. The van der Waals surface area contributed by atoms with Crippen LogP contribution >= 0.6 is 11.3 Å². The van der Waals surface area contributed by atoms with E-state index in [1.807, 2.05) is 23.8 Å². The number of pyridine rings is 1. The van der Waals surface area contributed by atoms with Crippen molar-refractivity contribution in [1.29, 1.82) is 0 Å². The number of rotatable bonds is 5. The summed E-state index contributed by atoms with van der Waals surface area (Å²) in [4.78, 5) is 26.7. The van der Waals surface area contributed by atoms with Crippen molar-refractivity contribution in [3.05, 3.63) is 46.7 Å². The van der Waals surface area contributed by atoms with Crippen LogP contribution in [0.3, 0.4) is 0 Å².